The first-order chi connectivity index (χ1) is 16.5. The molecule has 4 aromatic rings. The van der Waals surface area contributed by atoms with Crippen molar-refractivity contribution in [1.29, 1.82) is 0 Å². The molecule has 172 valence electrons. The Morgan fingerprint density at radius 1 is 1.15 bits per heavy atom. The van der Waals surface area contributed by atoms with Crippen molar-refractivity contribution in [2.75, 3.05) is 6.61 Å². The fraction of sp³-hybridized carbons (Fsp3) is 0.120. The lowest BCUT2D eigenvalue weighted by Gasteiger charge is -2.12. The lowest BCUT2D eigenvalue weighted by Crippen LogP contribution is -2.19. The van der Waals surface area contributed by atoms with E-state index in [0.717, 1.165) is 22.5 Å². The maximum absolute atomic E-state index is 13.9. The normalized spacial score (nSPS) is 11.0. The van der Waals surface area contributed by atoms with Crippen LogP contribution in [-0.2, 0) is 11.2 Å². The number of amides is 1. The number of aromatic nitrogens is 2. The Bertz CT molecular complexity index is 1360. The third-order valence-corrected chi connectivity index (χ3v) is 4.97. The van der Waals surface area contributed by atoms with E-state index in [1.165, 1.54) is 6.21 Å². The van der Waals surface area contributed by atoms with Gasteiger partial charge in [0.25, 0.3) is 5.88 Å². The maximum atomic E-state index is 13.9. The molecule has 1 amide bonds. The van der Waals surface area contributed by atoms with Gasteiger partial charge in [0.05, 0.1) is 25.4 Å². The molecule has 0 fully saturated rings. The van der Waals surface area contributed by atoms with Gasteiger partial charge in [-0.05, 0) is 58.6 Å². The summed E-state index contributed by atoms with van der Waals surface area (Å²) in [4.78, 5) is 19.7. The molecular weight excluding hydrogens is 459 g/mol. The van der Waals surface area contributed by atoms with Gasteiger partial charge in [-0.25, -0.2) is 10.4 Å². The van der Waals surface area contributed by atoms with Gasteiger partial charge in [-0.2, -0.15) is 14.5 Å². The first-order valence-electron chi connectivity index (χ1n) is 10.4. The van der Waals surface area contributed by atoms with Crippen molar-refractivity contribution in [3.05, 3.63) is 89.1 Å². The quantitative estimate of drug-likeness (QED) is 0.211. The van der Waals surface area contributed by atoms with Crippen molar-refractivity contribution < 1.29 is 18.7 Å². The van der Waals surface area contributed by atoms with E-state index in [1.54, 1.807) is 25.1 Å². The average Bonchev–Trinajstić information content (AvgIpc) is 2.83. The fourth-order valence-electron chi connectivity index (χ4n) is 3.30. The first kappa shape index (κ1) is 23.1. The molecule has 0 spiro atoms. The van der Waals surface area contributed by atoms with E-state index in [4.69, 9.17) is 21.1 Å². The number of carbonyl (C=O) groups excluding carboxylic acids is 1. The van der Waals surface area contributed by atoms with Crippen LogP contribution in [0.25, 0.3) is 10.8 Å². The van der Waals surface area contributed by atoms with Crippen LogP contribution >= 0.6 is 11.6 Å². The van der Waals surface area contributed by atoms with Gasteiger partial charge in [-0.3, -0.25) is 4.79 Å². The van der Waals surface area contributed by atoms with Crippen molar-refractivity contribution in [2.45, 2.75) is 13.3 Å². The van der Waals surface area contributed by atoms with Crippen LogP contribution in [-0.4, -0.2) is 28.7 Å². The Kier molecular flexibility index (Phi) is 7.29. The molecule has 0 bridgehead atoms. The number of benzene rings is 3. The number of halogens is 2. The van der Waals surface area contributed by atoms with Gasteiger partial charge in [0, 0.05) is 0 Å². The monoisotopic (exact) mass is 478 g/mol. The summed E-state index contributed by atoms with van der Waals surface area (Å²) in [5.41, 5.74) is 4.10. The van der Waals surface area contributed by atoms with Crippen LogP contribution in [0, 0.1) is 5.82 Å². The summed E-state index contributed by atoms with van der Waals surface area (Å²) in [6, 6.07) is 18.7. The van der Waals surface area contributed by atoms with Crippen LogP contribution in [0.3, 0.4) is 0 Å². The van der Waals surface area contributed by atoms with Crippen LogP contribution in [0.4, 0.5) is 4.39 Å². The van der Waals surface area contributed by atoms with Crippen LogP contribution in [0.1, 0.15) is 18.1 Å². The minimum Gasteiger partial charge on any atom is -0.490 e. The molecule has 34 heavy (non-hydrogen) atoms. The maximum Gasteiger partial charge on any atom is 0.260 e. The Morgan fingerprint density at radius 3 is 2.82 bits per heavy atom. The second-order valence-electron chi connectivity index (χ2n) is 7.14. The number of hydrazone groups is 1. The molecule has 0 aliphatic heterocycles. The van der Waals surface area contributed by atoms with Crippen LogP contribution in [0.2, 0.25) is 5.28 Å². The van der Waals surface area contributed by atoms with Crippen LogP contribution in [0.5, 0.6) is 17.4 Å². The van der Waals surface area contributed by atoms with E-state index < -0.39 is 5.82 Å². The van der Waals surface area contributed by atoms with Crippen LogP contribution in [0.15, 0.2) is 72.0 Å². The summed E-state index contributed by atoms with van der Waals surface area (Å²) < 4.78 is 25.0. The molecule has 3 aromatic carbocycles. The standard InChI is InChI=1S/C25H20ClFN4O3/c1-2-33-22-12-16(10-11-21(22)34-24-20(27)15-28-25(26)30-24)14-29-31-23(32)13-18-8-5-7-17-6-3-4-9-19(17)18/h3-12,14-15H,2,13H2,1H3,(H,31,32)/b29-14+. The Balaban J connectivity index is 1.44. The largest absolute Gasteiger partial charge is 0.490 e. The summed E-state index contributed by atoms with van der Waals surface area (Å²) in [5.74, 6) is -0.724. The van der Waals surface area contributed by atoms with E-state index in [0.29, 0.717) is 17.9 Å². The van der Waals surface area contributed by atoms with Gasteiger partial charge in [0.1, 0.15) is 0 Å². The minimum absolute atomic E-state index is 0.141. The zero-order valence-electron chi connectivity index (χ0n) is 18.2. The molecular formula is C25H20ClFN4O3. The SMILES string of the molecule is CCOc1cc(/C=N/NC(=O)Cc2cccc3ccccc23)ccc1Oc1nc(Cl)ncc1F. The van der Waals surface area contributed by atoms with Gasteiger partial charge >= 0.3 is 0 Å². The molecule has 1 N–H and O–H groups in total. The Hall–Kier alpha value is -4.04. The first-order valence-corrected chi connectivity index (χ1v) is 10.8. The number of hydrogen-bond acceptors (Lipinski definition) is 6. The zero-order valence-corrected chi connectivity index (χ0v) is 18.9. The van der Waals surface area contributed by atoms with Crippen molar-refractivity contribution in [3.8, 4) is 17.4 Å². The number of nitrogens with zero attached hydrogens (tertiary/aromatic N) is 3. The number of carbonyl (C=O) groups is 1. The highest BCUT2D eigenvalue weighted by Gasteiger charge is 2.13. The van der Waals surface area contributed by atoms with E-state index in [-0.39, 0.29) is 29.2 Å². The molecule has 1 aromatic heterocycles. The van der Waals surface area contributed by atoms with Gasteiger partial charge in [0.15, 0.2) is 11.5 Å². The number of hydrogen-bond donors (Lipinski definition) is 1. The predicted octanol–water partition coefficient (Wildman–Crippen LogP) is 5.31. The third kappa shape index (κ3) is 5.65. The highest BCUT2D eigenvalue weighted by atomic mass is 35.5. The Morgan fingerprint density at radius 2 is 1.97 bits per heavy atom. The molecule has 1 heterocycles. The molecule has 0 unspecified atom stereocenters. The summed E-state index contributed by atoms with van der Waals surface area (Å²) in [7, 11) is 0. The Labute approximate surface area is 200 Å². The topological polar surface area (TPSA) is 85.7 Å². The van der Waals surface area contributed by atoms with E-state index in [1.807, 2.05) is 42.5 Å². The molecule has 0 aliphatic carbocycles. The van der Waals surface area contributed by atoms with Crippen LogP contribution < -0.4 is 14.9 Å². The highest BCUT2D eigenvalue weighted by Crippen LogP contribution is 2.32. The molecule has 7 nitrogen and oxygen atoms in total. The van der Waals surface area contributed by atoms with Crippen molar-refractivity contribution in [1.82, 2.24) is 15.4 Å². The summed E-state index contributed by atoms with van der Waals surface area (Å²) in [6.45, 7) is 2.16. The smallest absolute Gasteiger partial charge is 0.260 e. The lowest BCUT2D eigenvalue weighted by molar-refractivity contribution is -0.120. The van der Waals surface area contributed by atoms with Crippen molar-refractivity contribution in [2.24, 2.45) is 5.10 Å². The van der Waals surface area contributed by atoms with Crippen molar-refractivity contribution in [3.63, 3.8) is 0 Å². The van der Waals surface area contributed by atoms with E-state index in [2.05, 4.69) is 20.5 Å². The average molecular weight is 479 g/mol. The van der Waals surface area contributed by atoms with E-state index >= 15 is 0 Å². The number of nitrogens with one attached hydrogen (secondary N) is 1. The van der Waals surface area contributed by atoms with Gasteiger partial charge in [-0.1, -0.05) is 42.5 Å². The second-order valence-corrected chi connectivity index (χ2v) is 7.48. The lowest BCUT2D eigenvalue weighted by atomic mass is 10.0. The zero-order chi connectivity index (χ0) is 23.9. The second kappa shape index (κ2) is 10.7. The van der Waals surface area contributed by atoms with Gasteiger partial charge in [-0.15, -0.1) is 0 Å². The fourth-order valence-corrected chi connectivity index (χ4v) is 3.43. The molecule has 0 atom stereocenters. The molecule has 0 radical (unpaired) electrons. The summed E-state index contributed by atoms with van der Waals surface area (Å²) >= 11 is 5.72. The summed E-state index contributed by atoms with van der Waals surface area (Å²) in [5, 5.41) is 6.00. The van der Waals surface area contributed by atoms with Crippen molar-refractivity contribution >= 4 is 34.5 Å². The molecule has 0 aliphatic rings. The van der Waals surface area contributed by atoms with Gasteiger partial charge in [0.2, 0.25) is 17.0 Å². The minimum atomic E-state index is -0.758. The van der Waals surface area contributed by atoms with E-state index in [9.17, 15) is 9.18 Å². The molecule has 4 rings (SSSR count). The number of fused-ring (bicyclic) bond motifs is 1. The van der Waals surface area contributed by atoms with Gasteiger partial charge < -0.3 is 9.47 Å². The number of rotatable bonds is 8. The highest BCUT2D eigenvalue weighted by molar-refractivity contribution is 6.28. The third-order valence-electron chi connectivity index (χ3n) is 4.79. The number of ether oxygens (including phenoxy) is 2. The summed E-state index contributed by atoms with van der Waals surface area (Å²) in [6.07, 6.45) is 2.60. The molecule has 9 heteroatoms. The predicted molar refractivity (Wildman–Crippen MR) is 128 cm³/mol. The molecule has 0 saturated heterocycles. The molecule has 0 saturated carbocycles.